The van der Waals surface area contributed by atoms with Gasteiger partial charge in [-0.1, -0.05) is 0 Å². The van der Waals surface area contributed by atoms with E-state index in [0.29, 0.717) is 79.4 Å². The van der Waals surface area contributed by atoms with Crippen molar-refractivity contribution >= 4 is 11.9 Å². The van der Waals surface area contributed by atoms with Gasteiger partial charge in [0.05, 0.1) is 81.2 Å². The SMILES string of the molecule is CCOC(=O)c1cc(OC)c(OC)cc1-c1cc(OC)c(OC)cc1-c1cc(OC)c(OC)cc1-c1cc(OC)c(OC)cc1C(=O)OCC. The first kappa shape index (κ1) is 37.0. The molecular formula is C38H42O12. The van der Waals surface area contributed by atoms with E-state index in [1.165, 1.54) is 56.9 Å². The van der Waals surface area contributed by atoms with Crippen molar-refractivity contribution in [3.63, 3.8) is 0 Å². The van der Waals surface area contributed by atoms with E-state index in [9.17, 15) is 9.59 Å². The Morgan fingerprint density at radius 1 is 0.360 bits per heavy atom. The molecule has 0 aromatic heterocycles. The minimum absolute atomic E-state index is 0.140. The number of esters is 2. The van der Waals surface area contributed by atoms with Crippen molar-refractivity contribution in [1.82, 2.24) is 0 Å². The minimum Gasteiger partial charge on any atom is -0.493 e. The topological polar surface area (TPSA) is 126 Å². The van der Waals surface area contributed by atoms with Gasteiger partial charge in [0.25, 0.3) is 0 Å². The summed E-state index contributed by atoms with van der Waals surface area (Å²) in [5, 5.41) is 0. The Hall–Kier alpha value is -5.78. The molecule has 0 heterocycles. The van der Waals surface area contributed by atoms with Crippen LogP contribution in [0.1, 0.15) is 34.6 Å². The normalized spacial score (nSPS) is 10.5. The van der Waals surface area contributed by atoms with Crippen LogP contribution in [-0.4, -0.2) is 82.0 Å². The minimum atomic E-state index is -0.582. The number of methoxy groups -OCH3 is 8. The Bertz CT molecular complexity index is 1730. The summed E-state index contributed by atoms with van der Waals surface area (Å²) in [6.07, 6.45) is 0. The quantitative estimate of drug-likeness (QED) is 0.118. The van der Waals surface area contributed by atoms with E-state index < -0.39 is 11.9 Å². The maximum absolute atomic E-state index is 13.5. The summed E-state index contributed by atoms with van der Waals surface area (Å²) in [5.74, 6) is 1.79. The van der Waals surface area contributed by atoms with Crippen molar-refractivity contribution in [2.45, 2.75) is 13.8 Å². The number of carbonyl (C=O) groups excluding carboxylic acids is 2. The van der Waals surface area contributed by atoms with Gasteiger partial charge in [-0.2, -0.15) is 0 Å². The van der Waals surface area contributed by atoms with Crippen molar-refractivity contribution in [3.05, 3.63) is 59.7 Å². The van der Waals surface area contributed by atoms with Gasteiger partial charge in [-0.05, 0) is 84.6 Å². The molecule has 50 heavy (non-hydrogen) atoms. The summed E-state index contributed by atoms with van der Waals surface area (Å²) in [7, 11) is 12.0. The van der Waals surface area contributed by atoms with Crippen LogP contribution in [0.5, 0.6) is 46.0 Å². The Labute approximate surface area is 291 Å². The molecule has 12 heteroatoms. The molecule has 0 amide bonds. The first-order valence-electron chi connectivity index (χ1n) is 15.6. The zero-order valence-electron chi connectivity index (χ0n) is 29.9. The van der Waals surface area contributed by atoms with E-state index in [1.54, 1.807) is 62.4 Å². The van der Waals surface area contributed by atoms with Crippen molar-refractivity contribution in [1.29, 1.82) is 0 Å². The zero-order chi connectivity index (χ0) is 36.5. The van der Waals surface area contributed by atoms with Gasteiger partial charge < -0.3 is 47.4 Å². The third-order valence-corrected chi connectivity index (χ3v) is 7.96. The van der Waals surface area contributed by atoms with Gasteiger partial charge in [-0.15, -0.1) is 0 Å². The van der Waals surface area contributed by atoms with E-state index in [-0.39, 0.29) is 24.3 Å². The van der Waals surface area contributed by atoms with Gasteiger partial charge in [0, 0.05) is 11.1 Å². The van der Waals surface area contributed by atoms with Crippen molar-refractivity contribution in [2.24, 2.45) is 0 Å². The number of rotatable bonds is 15. The lowest BCUT2D eigenvalue weighted by molar-refractivity contribution is 0.0517. The van der Waals surface area contributed by atoms with Gasteiger partial charge in [-0.25, -0.2) is 9.59 Å². The summed E-state index contributed by atoms with van der Waals surface area (Å²) in [6, 6.07) is 13.6. The molecule has 0 saturated carbocycles. The summed E-state index contributed by atoms with van der Waals surface area (Å²) in [5.41, 5.74) is 3.46. The van der Waals surface area contributed by atoms with Crippen LogP contribution in [0.2, 0.25) is 0 Å². The number of benzene rings is 4. The predicted molar refractivity (Wildman–Crippen MR) is 187 cm³/mol. The van der Waals surface area contributed by atoms with E-state index in [0.717, 1.165) is 0 Å². The molecule has 4 aromatic rings. The average molecular weight is 691 g/mol. The molecule has 0 aliphatic heterocycles. The van der Waals surface area contributed by atoms with Crippen molar-refractivity contribution < 1.29 is 57.0 Å². The summed E-state index contributed by atoms with van der Waals surface area (Å²) >= 11 is 0. The molecule has 266 valence electrons. The highest BCUT2D eigenvalue weighted by atomic mass is 16.5. The van der Waals surface area contributed by atoms with E-state index in [4.69, 9.17) is 47.4 Å². The number of carbonyl (C=O) groups is 2. The molecule has 0 aliphatic carbocycles. The fourth-order valence-electron chi connectivity index (χ4n) is 5.61. The molecule has 12 nitrogen and oxygen atoms in total. The average Bonchev–Trinajstić information content (AvgIpc) is 3.15. The summed E-state index contributed by atoms with van der Waals surface area (Å²) < 4.78 is 56.4. The zero-order valence-corrected chi connectivity index (χ0v) is 29.9. The van der Waals surface area contributed by atoms with Gasteiger partial charge in [-0.3, -0.25) is 0 Å². The molecule has 0 atom stereocenters. The Balaban J connectivity index is 2.26. The Kier molecular flexibility index (Phi) is 12.3. The summed E-state index contributed by atoms with van der Waals surface area (Å²) in [4.78, 5) is 27.1. The van der Waals surface area contributed by atoms with Gasteiger partial charge in [0.1, 0.15) is 0 Å². The third-order valence-electron chi connectivity index (χ3n) is 7.96. The van der Waals surface area contributed by atoms with Gasteiger partial charge in [0.2, 0.25) is 0 Å². The number of ether oxygens (including phenoxy) is 10. The summed E-state index contributed by atoms with van der Waals surface area (Å²) in [6.45, 7) is 3.73. The Morgan fingerprint density at radius 3 is 0.780 bits per heavy atom. The highest BCUT2D eigenvalue weighted by molar-refractivity contribution is 6.05. The maximum atomic E-state index is 13.5. The third kappa shape index (κ3) is 7.14. The van der Waals surface area contributed by atoms with E-state index in [2.05, 4.69) is 0 Å². The monoisotopic (exact) mass is 690 g/mol. The van der Waals surface area contributed by atoms with Crippen LogP contribution >= 0.6 is 0 Å². The van der Waals surface area contributed by atoms with Crippen LogP contribution in [0.25, 0.3) is 33.4 Å². The lowest BCUT2D eigenvalue weighted by atomic mass is 9.85. The number of hydrogen-bond acceptors (Lipinski definition) is 12. The molecule has 0 aliphatic rings. The molecule has 0 spiro atoms. The van der Waals surface area contributed by atoms with Crippen LogP contribution in [0.3, 0.4) is 0 Å². The molecule has 0 bridgehead atoms. The predicted octanol–water partition coefficient (Wildman–Crippen LogP) is 7.11. The molecule has 4 rings (SSSR count). The molecule has 0 fully saturated rings. The fourth-order valence-corrected chi connectivity index (χ4v) is 5.61. The van der Waals surface area contributed by atoms with Crippen molar-refractivity contribution in [2.75, 3.05) is 70.1 Å². The van der Waals surface area contributed by atoms with Crippen LogP contribution in [0.15, 0.2) is 48.5 Å². The van der Waals surface area contributed by atoms with Gasteiger partial charge in [0.15, 0.2) is 46.0 Å². The molecule has 0 unspecified atom stereocenters. The van der Waals surface area contributed by atoms with Crippen LogP contribution in [0, 0.1) is 0 Å². The van der Waals surface area contributed by atoms with Crippen LogP contribution in [0.4, 0.5) is 0 Å². The van der Waals surface area contributed by atoms with E-state index in [1.807, 2.05) is 0 Å². The smallest absolute Gasteiger partial charge is 0.338 e. The second-order valence-corrected chi connectivity index (χ2v) is 10.5. The first-order chi connectivity index (χ1) is 24.2. The first-order valence-corrected chi connectivity index (χ1v) is 15.6. The van der Waals surface area contributed by atoms with Gasteiger partial charge >= 0.3 is 11.9 Å². The molecule has 0 saturated heterocycles. The lowest BCUT2D eigenvalue weighted by Gasteiger charge is -2.23. The van der Waals surface area contributed by atoms with Crippen molar-refractivity contribution in [3.8, 4) is 79.4 Å². The fraction of sp³-hybridized carbons (Fsp3) is 0.316. The largest absolute Gasteiger partial charge is 0.493 e. The molecule has 0 radical (unpaired) electrons. The van der Waals surface area contributed by atoms with E-state index >= 15 is 0 Å². The maximum Gasteiger partial charge on any atom is 0.338 e. The lowest BCUT2D eigenvalue weighted by Crippen LogP contribution is -2.09. The molecule has 4 aromatic carbocycles. The second-order valence-electron chi connectivity index (χ2n) is 10.5. The second kappa shape index (κ2) is 16.6. The highest BCUT2D eigenvalue weighted by Crippen LogP contribution is 2.50. The number of hydrogen-bond donors (Lipinski definition) is 0. The molecular weight excluding hydrogens is 648 g/mol. The Morgan fingerprint density at radius 2 is 0.560 bits per heavy atom. The van der Waals surface area contributed by atoms with Crippen LogP contribution in [-0.2, 0) is 9.47 Å². The standard InChI is InChI=1S/C38H42O12/c1-11-49-37(39)27-19-35(47-9)33(45-7)17-25(27)23-15-31(43-5)29(41-3)13-21(23)22-14-30(42-4)32(44-6)16-24(22)26-18-34(46-8)36(48-10)20-28(26)38(40)50-12-2/h13-20H,11-12H2,1-10H3. The molecule has 0 N–H and O–H groups in total. The highest BCUT2D eigenvalue weighted by Gasteiger charge is 2.28. The van der Waals surface area contributed by atoms with Crippen LogP contribution < -0.4 is 37.9 Å².